The summed E-state index contributed by atoms with van der Waals surface area (Å²) in [6.45, 7) is 1.92. The molecule has 2 amide bonds. The van der Waals surface area contributed by atoms with Gasteiger partial charge in [-0.3, -0.25) is 0 Å². The van der Waals surface area contributed by atoms with Crippen molar-refractivity contribution >= 4 is 6.03 Å². The van der Waals surface area contributed by atoms with Gasteiger partial charge in [-0.25, -0.2) is 18.6 Å². The number of halogens is 2. The van der Waals surface area contributed by atoms with E-state index in [0.717, 1.165) is 12.1 Å². The summed E-state index contributed by atoms with van der Waals surface area (Å²) in [5, 5.41) is 2.85. The second-order valence-corrected chi connectivity index (χ2v) is 5.55. The zero-order valence-corrected chi connectivity index (χ0v) is 13.2. The SMILES string of the molecule is Cn1ccnc1[C@@H](NC(=O)N1CCOCC1)c1ccc(F)c(F)c1. The van der Waals surface area contributed by atoms with Crippen LogP contribution in [0.15, 0.2) is 30.6 Å². The van der Waals surface area contributed by atoms with Gasteiger partial charge in [0, 0.05) is 32.5 Å². The maximum atomic E-state index is 13.6. The molecule has 1 fully saturated rings. The first-order chi connectivity index (χ1) is 11.6. The number of nitrogens with zero attached hydrogens (tertiary/aromatic N) is 3. The molecule has 2 aromatic rings. The Balaban J connectivity index is 1.89. The van der Waals surface area contributed by atoms with E-state index in [-0.39, 0.29) is 6.03 Å². The monoisotopic (exact) mass is 336 g/mol. The number of aryl methyl sites for hydroxylation is 1. The van der Waals surface area contributed by atoms with E-state index in [1.165, 1.54) is 6.07 Å². The molecule has 1 aromatic heterocycles. The van der Waals surface area contributed by atoms with Crippen molar-refractivity contribution in [3.05, 3.63) is 53.6 Å². The molecule has 0 aliphatic carbocycles. The summed E-state index contributed by atoms with van der Waals surface area (Å²) in [5.74, 6) is -1.37. The predicted molar refractivity (Wildman–Crippen MR) is 82.3 cm³/mol. The average molecular weight is 336 g/mol. The fraction of sp³-hybridized carbons (Fsp3) is 0.375. The van der Waals surface area contributed by atoms with Crippen LogP contribution in [0, 0.1) is 11.6 Å². The Morgan fingerprint density at radius 1 is 1.29 bits per heavy atom. The number of carbonyl (C=O) groups is 1. The van der Waals surface area contributed by atoms with Crippen molar-refractivity contribution in [2.75, 3.05) is 26.3 Å². The van der Waals surface area contributed by atoms with Gasteiger partial charge in [0.25, 0.3) is 0 Å². The number of morpholine rings is 1. The molecule has 6 nitrogen and oxygen atoms in total. The third kappa shape index (κ3) is 3.38. The van der Waals surface area contributed by atoms with Crippen LogP contribution in [-0.2, 0) is 11.8 Å². The summed E-state index contributed by atoms with van der Waals surface area (Å²) in [4.78, 5) is 18.4. The van der Waals surface area contributed by atoms with E-state index in [4.69, 9.17) is 4.74 Å². The lowest BCUT2D eigenvalue weighted by molar-refractivity contribution is 0.0527. The van der Waals surface area contributed by atoms with Crippen LogP contribution in [0.4, 0.5) is 13.6 Å². The number of hydrogen-bond acceptors (Lipinski definition) is 3. The molecule has 1 aliphatic rings. The Labute approximate surface area is 138 Å². The van der Waals surface area contributed by atoms with Gasteiger partial charge in [0.15, 0.2) is 11.6 Å². The molecule has 0 saturated carbocycles. The van der Waals surface area contributed by atoms with Crippen LogP contribution in [0.5, 0.6) is 0 Å². The van der Waals surface area contributed by atoms with Gasteiger partial charge < -0.3 is 19.5 Å². The van der Waals surface area contributed by atoms with Crippen molar-refractivity contribution < 1.29 is 18.3 Å². The molecule has 0 bridgehead atoms. The van der Waals surface area contributed by atoms with Crippen LogP contribution in [0.3, 0.4) is 0 Å². The molecule has 24 heavy (non-hydrogen) atoms. The molecule has 0 unspecified atom stereocenters. The highest BCUT2D eigenvalue weighted by Gasteiger charge is 2.25. The average Bonchev–Trinajstić information content (AvgIpc) is 3.01. The van der Waals surface area contributed by atoms with Crippen LogP contribution in [-0.4, -0.2) is 46.8 Å². The summed E-state index contributed by atoms with van der Waals surface area (Å²) in [5.41, 5.74) is 0.421. The van der Waals surface area contributed by atoms with Crippen molar-refractivity contribution in [2.24, 2.45) is 7.05 Å². The van der Waals surface area contributed by atoms with Crippen LogP contribution in [0.25, 0.3) is 0 Å². The van der Waals surface area contributed by atoms with E-state index in [2.05, 4.69) is 10.3 Å². The second kappa shape index (κ2) is 6.96. The molecule has 1 saturated heterocycles. The molecule has 2 heterocycles. The fourth-order valence-electron chi connectivity index (χ4n) is 2.63. The molecule has 1 aromatic carbocycles. The van der Waals surface area contributed by atoms with E-state index >= 15 is 0 Å². The summed E-state index contributed by atoms with van der Waals surface area (Å²) >= 11 is 0. The molecule has 8 heteroatoms. The minimum Gasteiger partial charge on any atom is -0.378 e. The number of imidazole rings is 1. The Morgan fingerprint density at radius 3 is 2.67 bits per heavy atom. The van der Waals surface area contributed by atoms with Gasteiger partial charge in [0.05, 0.1) is 13.2 Å². The van der Waals surface area contributed by atoms with Crippen molar-refractivity contribution in [1.29, 1.82) is 0 Å². The summed E-state index contributed by atoms with van der Waals surface area (Å²) in [7, 11) is 1.77. The lowest BCUT2D eigenvalue weighted by Crippen LogP contribution is -2.47. The minimum absolute atomic E-state index is 0.295. The van der Waals surface area contributed by atoms with Gasteiger partial charge in [0.2, 0.25) is 0 Å². The van der Waals surface area contributed by atoms with Crippen molar-refractivity contribution in [1.82, 2.24) is 19.8 Å². The van der Waals surface area contributed by atoms with E-state index in [0.29, 0.717) is 37.7 Å². The van der Waals surface area contributed by atoms with E-state index in [1.54, 1.807) is 28.9 Å². The van der Waals surface area contributed by atoms with Crippen LogP contribution in [0.1, 0.15) is 17.4 Å². The third-order valence-corrected chi connectivity index (χ3v) is 3.96. The smallest absolute Gasteiger partial charge is 0.318 e. The third-order valence-electron chi connectivity index (χ3n) is 3.96. The molecule has 1 atom stereocenters. The van der Waals surface area contributed by atoms with Gasteiger partial charge in [-0.1, -0.05) is 6.07 Å². The van der Waals surface area contributed by atoms with Gasteiger partial charge in [-0.05, 0) is 17.7 Å². The van der Waals surface area contributed by atoms with Crippen molar-refractivity contribution in [3.63, 3.8) is 0 Å². The first-order valence-electron chi connectivity index (χ1n) is 7.61. The lowest BCUT2D eigenvalue weighted by atomic mass is 10.1. The number of hydrogen-bond donors (Lipinski definition) is 1. The summed E-state index contributed by atoms with van der Waals surface area (Å²) in [6, 6.07) is 2.58. The number of amides is 2. The highest BCUT2D eigenvalue weighted by molar-refractivity contribution is 5.75. The topological polar surface area (TPSA) is 59.4 Å². The summed E-state index contributed by atoms with van der Waals surface area (Å²) in [6.07, 6.45) is 3.31. The number of urea groups is 1. The van der Waals surface area contributed by atoms with E-state index in [9.17, 15) is 13.6 Å². The first-order valence-corrected chi connectivity index (χ1v) is 7.61. The van der Waals surface area contributed by atoms with Gasteiger partial charge in [-0.2, -0.15) is 0 Å². The Morgan fingerprint density at radius 2 is 2.04 bits per heavy atom. The minimum atomic E-state index is -0.965. The summed E-state index contributed by atoms with van der Waals surface area (Å²) < 4.78 is 33.8. The van der Waals surface area contributed by atoms with E-state index in [1.807, 2.05) is 0 Å². The largest absolute Gasteiger partial charge is 0.378 e. The molecular formula is C16H18F2N4O2. The highest BCUT2D eigenvalue weighted by Crippen LogP contribution is 2.22. The van der Waals surface area contributed by atoms with Gasteiger partial charge in [0.1, 0.15) is 11.9 Å². The number of carbonyl (C=O) groups excluding carboxylic acids is 1. The molecule has 3 rings (SSSR count). The maximum Gasteiger partial charge on any atom is 0.318 e. The lowest BCUT2D eigenvalue weighted by Gasteiger charge is -2.29. The van der Waals surface area contributed by atoms with Crippen molar-refractivity contribution in [2.45, 2.75) is 6.04 Å². The molecule has 0 radical (unpaired) electrons. The molecule has 128 valence electrons. The Bertz CT molecular complexity index is 729. The zero-order chi connectivity index (χ0) is 17.1. The van der Waals surface area contributed by atoms with Crippen molar-refractivity contribution in [3.8, 4) is 0 Å². The van der Waals surface area contributed by atoms with E-state index < -0.39 is 17.7 Å². The molecule has 1 aliphatic heterocycles. The second-order valence-electron chi connectivity index (χ2n) is 5.55. The normalized spacial score (nSPS) is 16.0. The van der Waals surface area contributed by atoms with Gasteiger partial charge in [-0.15, -0.1) is 0 Å². The zero-order valence-electron chi connectivity index (χ0n) is 13.2. The van der Waals surface area contributed by atoms with Crippen LogP contribution in [0.2, 0.25) is 0 Å². The number of ether oxygens (including phenoxy) is 1. The first kappa shape index (κ1) is 16.4. The van der Waals surface area contributed by atoms with Gasteiger partial charge >= 0.3 is 6.03 Å². The predicted octanol–water partition coefficient (Wildman–Crippen LogP) is 1.83. The molecule has 1 N–H and O–H groups in total. The van der Waals surface area contributed by atoms with Crippen LogP contribution < -0.4 is 5.32 Å². The number of nitrogens with one attached hydrogen (secondary N) is 1. The quantitative estimate of drug-likeness (QED) is 0.930. The standard InChI is InChI=1S/C16H18F2N4O2/c1-21-5-4-19-15(21)14(11-2-3-12(17)13(18)10-11)20-16(23)22-6-8-24-9-7-22/h2-5,10,14H,6-9H2,1H3,(H,20,23)/t14-/m0/s1. The number of benzene rings is 1. The molecule has 0 spiro atoms. The Kier molecular flexibility index (Phi) is 4.75. The van der Waals surface area contributed by atoms with Crippen LogP contribution >= 0.6 is 0 Å². The Hall–Kier alpha value is -2.48. The number of aromatic nitrogens is 2. The highest BCUT2D eigenvalue weighted by atomic mass is 19.2. The maximum absolute atomic E-state index is 13.6. The number of rotatable bonds is 3. The fourth-order valence-corrected chi connectivity index (χ4v) is 2.63. The molecular weight excluding hydrogens is 318 g/mol.